The highest BCUT2D eigenvalue weighted by Crippen LogP contribution is 2.34. The molecular formula is C20H20N2O2. The van der Waals surface area contributed by atoms with E-state index in [4.69, 9.17) is 15.2 Å². The summed E-state index contributed by atoms with van der Waals surface area (Å²) < 4.78 is 12.0. The molecule has 122 valence electrons. The van der Waals surface area contributed by atoms with Crippen LogP contribution in [0.2, 0.25) is 0 Å². The monoisotopic (exact) mass is 320 g/mol. The summed E-state index contributed by atoms with van der Waals surface area (Å²) in [6, 6.07) is 9.49. The predicted octanol–water partition coefficient (Wildman–Crippen LogP) is 4.43. The van der Waals surface area contributed by atoms with Gasteiger partial charge in [-0.2, -0.15) is 0 Å². The van der Waals surface area contributed by atoms with E-state index in [1.54, 1.807) is 18.3 Å². The molecule has 0 fully saturated rings. The van der Waals surface area contributed by atoms with Gasteiger partial charge in [-0.25, -0.2) is 4.98 Å². The number of hydrogen-bond acceptors (Lipinski definition) is 4. The van der Waals surface area contributed by atoms with Crippen molar-refractivity contribution in [3.63, 3.8) is 0 Å². The third-order valence-electron chi connectivity index (χ3n) is 4.35. The lowest BCUT2D eigenvalue weighted by atomic mass is 9.94. The molecule has 2 heterocycles. The van der Waals surface area contributed by atoms with E-state index in [2.05, 4.69) is 23.2 Å². The maximum atomic E-state index is 6.19. The third kappa shape index (κ3) is 3.13. The Labute approximate surface area is 141 Å². The summed E-state index contributed by atoms with van der Waals surface area (Å²) >= 11 is 0. The molecule has 0 spiro atoms. The highest BCUT2D eigenvalue weighted by molar-refractivity contribution is 5.45. The van der Waals surface area contributed by atoms with Gasteiger partial charge in [0.25, 0.3) is 0 Å². The molecule has 1 aromatic heterocycles. The van der Waals surface area contributed by atoms with Crippen molar-refractivity contribution in [1.82, 2.24) is 4.98 Å². The van der Waals surface area contributed by atoms with Crippen LogP contribution in [0.4, 0.5) is 5.69 Å². The molecule has 0 saturated carbocycles. The van der Waals surface area contributed by atoms with Gasteiger partial charge in [-0.15, -0.1) is 0 Å². The Morgan fingerprint density at radius 3 is 2.92 bits per heavy atom. The number of aromatic nitrogens is 1. The number of allylic oxidation sites excluding steroid dienone is 2. The molecule has 1 aliphatic heterocycles. The molecule has 4 nitrogen and oxygen atoms in total. The number of nitrogens with two attached hydrogens (primary N) is 1. The zero-order valence-corrected chi connectivity index (χ0v) is 13.4. The van der Waals surface area contributed by atoms with E-state index in [-0.39, 0.29) is 6.10 Å². The highest BCUT2D eigenvalue weighted by atomic mass is 16.5. The lowest BCUT2D eigenvalue weighted by Gasteiger charge is -2.28. The molecule has 2 N–H and O–H groups in total. The molecule has 4 heteroatoms. The molecule has 1 aromatic carbocycles. The first kappa shape index (κ1) is 14.8. The van der Waals surface area contributed by atoms with Crippen molar-refractivity contribution in [3.05, 3.63) is 65.9 Å². The Morgan fingerprint density at radius 1 is 1.17 bits per heavy atom. The fourth-order valence-corrected chi connectivity index (χ4v) is 3.11. The molecule has 24 heavy (non-hydrogen) atoms. The van der Waals surface area contributed by atoms with Gasteiger partial charge < -0.3 is 15.2 Å². The van der Waals surface area contributed by atoms with E-state index >= 15 is 0 Å². The Hall–Kier alpha value is -2.75. The Morgan fingerprint density at radius 2 is 2.12 bits per heavy atom. The maximum absolute atomic E-state index is 6.19. The lowest BCUT2D eigenvalue weighted by molar-refractivity contribution is 0.209. The minimum absolute atomic E-state index is 0.166. The van der Waals surface area contributed by atoms with Crippen LogP contribution >= 0.6 is 0 Å². The van der Waals surface area contributed by atoms with Gasteiger partial charge in [0.1, 0.15) is 17.6 Å². The average Bonchev–Trinajstić information content (AvgIpc) is 2.64. The van der Waals surface area contributed by atoms with E-state index < -0.39 is 0 Å². The number of anilines is 1. The largest absolute Gasteiger partial charge is 0.485 e. The van der Waals surface area contributed by atoms with Crippen LogP contribution in [-0.2, 0) is 6.42 Å². The number of nitrogen functional groups attached to an aromatic ring is 1. The Bertz CT molecular complexity index is 794. The summed E-state index contributed by atoms with van der Waals surface area (Å²) in [7, 11) is 0. The van der Waals surface area contributed by atoms with Crippen LogP contribution in [0.15, 0.2) is 60.3 Å². The molecule has 1 aliphatic carbocycles. The van der Waals surface area contributed by atoms with Gasteiger partial charge in [-0.3, -0.25) is 0 Å². The first-order chi connectivity index (χ1) is 11.8. The van der Waals surface area contributed by atoms with Crippen molar-refractivity contribution in [3.8, 4) is 17.4 Å². The van der Waals surface area contributed by atoms with Crippen molar-refractivity contribution < 1.29 is 9.47 Å². The van der Waals surface area contributed by atoms with Crippen molar-refractivity contribution in [2.24, 2.45) is 0 Å². The van der Waals surface area contributed by atoms with E-state index in [0.29, 0.717) is 11.6 Å². The number of rotatable bonds is 3. The fraction of sp³-hybridized carbons (Fsp3) is 0.250. The van der Waals surface area contributed by atoms with E-state index in [1.807, 2.05) is 18.2 Å². The molecule has 2 aliphatic rings. The number of hydrogen-bond donors (Lipinski definition) is 1. The molecule has 1 atom stereocenters. The third-order valence-corrected chi connectivity index (χ3v) is 4.35. The summed E-state index contributed by atoms with van der Waals surface area (Å²) in [6.07, 6.45) is 12.7. The molecule has 4 rings (SSSR count). The molecule has 0 radical (unpaired) electrons. The SMILES string of the molecule is Nc1ccc(Oc2ccc3c(c2)CCC(C2=CCCC=C2)O3)nc1. The Balaban J connectivity index is 1.49. The van der Waals surface area contributed by atoms with E-state index in [1.165, 1.54) is 11.1 Å². The highest BCUT2D eigenvalue weighted by Gasteiger charge is 2.23. The van der Waals surface area contributed by atoms with Crippen LogP contribution in [-0.4, -0.2) is 11.1 Å². The summed E-state index contributed by atoms with van der Waals surface area (Å²) in [4.78, 5) is 4.17. The normalized spacial score (nSPS) is 19.2. The Kier molecular flexibility index (Phi) is 3.95. The summed E-state index contributed by atoms with van der Waals surface area (Å²) in [6.45, 7) is 0. The number of benzene rings is 1. The van der Waals surface area contributed by atoms with Gasteiger partial charge in [0.05, 0.1) is 11.9 Å². The van der Waals surface area contributed by atoms with E-state index in [0.717, 1.165) is 37.2 Å². The molecule has 0 saturated heterocycles. The zero-order valence-electron chi connectivity index (χ0n) is 13.4. The van der Waals surface area contributed by atoms with Crippen molar-refractivity contribution in [1.29, 1.82) is 0 Å². The van der Waals surface area contributed by atoms with Crippen LogP contribution in [0, 0.1) is 0 Å². The molecular weight excluding hydrogens is 300 g/mol. The molecule has 2 aromatic rings. The maximum Gasteiger partial charge on any atom is 0.219 e. The fourth-order valence-electron chi connectivity index (χ4n) is 3.11. The van der Waals surface area contributed by atoms with Gasteiger partial charge in [-0.1, -0.05) is 18.2 Å². The molecule has 0 bridgehead atoms. The quantitative estimate of drug-likeness (QED) is 0.909. The van der Waals surface area contributed by atoms with Crippen molar-refractivity contribution >= 4 is 5.69 Å². The molecule has 0 amide bonds. The van der Waals surface area contributed by atoms with Gasteiger partial charge in [0.2, 0.25) is 5.88 Å². The average molecular weight is 320 g/mol. The number of fused-ring (bicyclic) bond motifs is 1. The predicted molar refractivity (Wildman–Crippen MR) is 94.4 cm³/mol. The van der Waals surface area contributed by atoms with Crippen LogP contribution in [0.5, 0.6) is 17.4 Å². The van der Waals surface area contributed by atoms with Crippen molar-refractivity contribution in [2.75, 3.05) is 5.73 Å². The van der Waals surface area contributed by atoms with Crippen LogP contribution < -0.4 is 15.2 Å². The van der Waals surface area contributed by atoms with Crippen LogP contribution in [0.25, 0.3) is 0 Å². The van der Waals surface area contributed by atoms with Gasteiger partial charge >= 0.3 is 0 Å². The smallest absolute Gasteiger partial charge is 0.219 e. The first-order valence-electron chi connectivity index (χ1n) is 8.33. The number of ether oxygens (including phenoxy) is 2. The second kappa shape index (κ2) is 6.40. The van der Waals surface area contributed by atoms with E-state index in [9.17, 15) is 0 Å². The number of pyridine rings is 1. The standard InChI is InChI=1S/C20H20N2O2/c21-16-7-11-20(22-13-16)23-17-8-10-19-15(12-17)6-9-18(24-19)14-4-2-1-3-5-14/h2,4-5,7-8,10-13,18H,1,3,6,9,21H2. The van der Waals surface area contributed by atoms with Crippen LogP contribution in [0.1, 0.15) is 24.8 Å². The van der Waals surface area contributed by atoms with Crippen LogP contribution in [0.3, 0.4) is 0 Å². The topological polar surface area (TPSA) is 57.4 Å². The van der Waals surface area contributed by atoms with Gasteiger partial charge in [-0.05, 0) is 61.1 Å². The zero-order chi connectivity index (χ0) is 16.4. The van der Waals surface area contributed by atoms with Gasteiger partial charge in [0, 0.05) is 6.07 Å². The second-order valence-electron chi connectivity index (χ2n) is 6.13. The second-order valence-corrected chi connectivity index (χ2v) is 6.13. The summed E-state index contributed by atoms with van der Waals surface area (Å²) in [5, 5.41) is 0. The number of nitrogens with zero attached hydrogens (tertiary/aromatic N) is 1. The lowest BCUT2D eigenvalue weighted by Crippen LogP contribution is -2.24. The number of aryl methyl sites for hydroxylation is 1. The first-order valence-corrected chi connectivity index (χ1v) is 8.33. The minimum atomic E-state index is 0.166. The summed E-state index contributed by atoms with van der Waals surface area (Å²) in [5.41, 5.74) is 8.75. The molecule has 1 unspecified atom stereocenters. The van der Waals surface area contributed by atoms with Crippen molar-refractivity contribution in [2.45, 2.75) is 31.8 Å². The van der Waals surface area contributed by atoms with Gasteiger partial charge in [0.15, 0.2) is 0 Å². The summed E-state index contributed by atoms with van der Waals surface area (Å²) in [5.74, 6) is 2.25. The minimum Gasteiger partial charge on any atom is -0.485 e.